The summed E-state index contributed by atoms with van der Waals surface area (Å²) in [7, 11) is -4.17. The smallest absolute Gasteiger partial charge is 0.264 e. The van der Waals surface area contributed by atoms with Crippen molar-refractivity contribution in [3.05, 3.63) is 95.8 Å². The minimum Gasteiger partial charge on any atom is -0.354 e. The summed E-state index contributed by atoms with van der Waals surface area (Å²) in [5, 5.41) is 2.81. The van der Waals surface area contributed by atoms with Crippen molar-refractivity contribution in [3.8, 4) is 0 Å². The standard InChI is InChI=1S/C28H32FN3O4S/c1-4-18-30-28(34)22(3)31(19-23-11-9-8-10-21(23)2)27(33)20-32(25-16-14-24(29)15-17-25)37(35,36)26-12-6-5-7-13-26/h5-17,22H,4,18-20H2,1-3H3,(H,30,34)/t22-/m0/s1. The molecule has 0 aliphatic carbocycles. The van der Waals surface area contributed by atoms with E-state index in [2.05, 4.69) is 5.32 Å². The summed E-state index contributed by atoms with van der Waals surface area (Å²) in [4.78, 5) is 28.0. The highest BCUT2D eigenvalue weighted by Crippen LogP contribution is 2.25. The van der Waals surface area contributed by atoms with Crippen LogP contribution >= 0.6 is 0 Å². The lowest BCUT2D eigenvalue weighted by molar-refractivity contribution is -0.139. The van der Waals surface area contributed by atoms with Gasteiger partial charge in [0.2, 0.25) is 11.8 Å². The topological polar surface area (TPSA) is 86.8 Å². The lowest BCUT2D eigenvalue weighted by Crippen LogP contribution is -2.51. The number of carbonyl (C=O) groups is 2. The number of carbonyl (C=O) groups excluding carboxylic acids is 2. The Balaban J connectivity index is 2.01. The van der Waals surface area contributed by atoms with E-state index in [0.29, 0.717) is 6.54 Å². The first-order chi connectivity index (χ1) is 17.6. The second-order valence-corrected chi connectivity index (χ2v) is 10.6. The number of benzene rings is 3. The summed E-state index contributed by atoms with van der Waals surface area (Å²) in [6.07, 6.45) is 0.734. The van der Waals surface area contributed by atoms with Gasteiger partial charge in [-0.05, 0) is 67.8 Å². The fourth-order valence-electron chi connectivity index (χ4n) is 3.81. The third-order valence-corrected chi connectivity index (χ3v) is 7.83. The van der Waals surface area contributed by atoms with E-state index in [1.165, 1.54) is 29.2 Å². The molecule has 0 spiro atoms. The number of sulfonamides is 1. The molecule has 0 aliphatic rings. The number of hydrogen-bond acceptors (Lipinski definition) is 4. The molecule has 0 unspecified atom stereocenters. The van der Waals surface area contributed by atoms with Crippen molar-refractivity contribution in [1.29, 1.82) is 0 Å². The molecule has 3 aromatic rings. The van der Waals surface area contributed by atoms with Crippen molar-refractivity contribution < 1.29 is 22.4 Å². The molecule has 7 nitrogen and oxygen atoms in total. The van der Waals surface area contributed by atoms with Gasteiger partial charge in [-0.15, -0.1) is 0 Å². The van der Waals surface area contributed by atoms with Gasteiger partial charge in [0.1, 0.15) is 18.4 Å². The average molecular weight is 526 g/mol. The quantitative estimate of drug-likeness (QED) is 0.405. The van der Waals surface area contributed by atoms with E-state index < -0.39 is 34.3 Å². The maximum Gasteiger partial charge on any atom is 0.264 e. The summed E-state index contributed by atoms with van der Waals surface area (Å²) >= 11 is 0. The minimum atomic E-state index is -4.17. The first-order valence-electron chi connectivity index (χ1n) is 12.1. The first-order valence-corrected chi connectivity index (χ1v) is 13.5. The van der Waals surface area contributed by atoms with Crippen molar-refractivity contribution in [2.75, 3.05) is 17.4 Å². The Morgan fingerprint density at radius 1 is 0.946 bits per heavy atom. The van der Waals surface area contributed by atoms with Gasteiger partial charge in [-0.2, -0.15) is 0 Å². The number of nitrogens with one attached hydrogen (secondary N) is 1. The van der Waals surface area contributed by atoms with Gasteiger partial charge >= 0.3 is 0 Å². The molecule has 9 heteroatoms. The normalized spacial score (nSPS) is 12.0. The number of halogens is 1. The summed E-state index contributed by atoms with van der Waals surface area (Å²) < 4.78 is 41.8. The lowest BCUT2D eigenvalue weighted by Gasteiger charge is -2.32. The Kier molecular flexibility index (Phi) is 9.41. The van der Waals surface area contributed by atoms with Gasteiger partial charge in [0.15, 0.2) is 0 Å². The average Bonchev–Trinajstić information content (AvgIpc) is 2.90. The maximum atomic E-state index is 13.8. The number of anilines is 1. The highest BCUT2D eigenvalue weighted by molar-refractivity contribution is 7.92. The van der Waals surface area contributed by atoms with Crippen LogP contribution in [0.25, 0.3) is 0 Å². The van der Waals surface area contributed by atoms with Crippen molar-refractivity contribution >= 4 is 27.5 Å². The number of aryl methyl sites for hydroxylation is 1. The molecular formula is C28H32FN3O4S. The molecule has 37 heavy (non-hydrogen) atoms. The van der Waals surface area contributed by atoms with Crippen LogP contribution in [0, 0.1) is 12.7 Å². The van der Waals surface area contributed by atoms with E-state index in [0.717, 1.165) is 34.0 Å². The Labute approximate surface area is 218 Å². The maximum absolute atomic E-state index is 13.8. The van der Waals surface area contributed by atoms with Gasteiger partial charge in [-0.3, -0.25) is 13.9 Å². The fraction of sp³-hybridized carbons (Fsp3) is 0.286. The summed E-state index contributed by atoms with van der Waals surface area (Å²) in [6.45, 7) is 5.46. The van der Waals surface area contributed by atoms with Crippen molar-refractivity contribution in [2.24, 2.45) is 0 Å². The summed E-state index contributed by atoms with van der Waals surface area (Å²) in [6, 6.07) is 19.3. The Bertz CT molecular complexity index is 1310. The molecular weight excluding hydrogens is 493 g/mol. The van der Waals surface area contributed by atoms with Crippen LogP contribution in [-0.2, 0) is 26.2 Å². The van der Waals surface area contributed by atoms with Crippen LogP contribution in [-0.4, -0.2) is 44.3 Å². The number of rotatable bonds is 11. The number of hydrogen-bond donors (Lipinski definition) is 1. The number of amides is 2. The lowest BCUT2D eigenvalue weighted by atomic mass is 10.1. The molecule has 0 bridgehead atoms. The van der Waals surface area contributed by atoms with Crippen LogP contribution in [0.1, 0.15) is 31.4 Å². The van der Waals surface area contributed by atoms with Crippen LogP contribution in [0.15, 0.2) is 83.8 Å². The Morgan fingerprint density at radius 2 is 1.57 bits per heavy atom. The van der Waals surface area contributed by atoms with Gasteiger partial charge in [0.25, 0.3) is 10.0 Å². The van der Waals surface area contributed by atoms with Crippen LogP contribution in [0.5, 0.6) is 0 Å². The molecule has 0 saturated carbocycles. The van der Waals surface area contributed by atoms with Crippen molar-refractivity contribution in [3.63, 3.8) is 0 Å². The fourth-order valence-corrected chi connectivity index (χ4v) is 5.24. The van der Waals surface area contributed by atoms with E-state index in [1.54, 1.807) is 25.1 Å². The SMILES string of the molecule is CCCNC(=O)[C@H](C)N(Cc1ccccc1C)C(=O)CN(c1ccc(F)cc1)S(=O)(=O)c1ccccc1. The molecule has 3 aromatic carbocycles. The van der Waals surface area contributed by atoms with Gasteiger partial charge in [-0.25, -0.2) is 12.8 Å². The minimum absolute atomic E-state index is 0.00804. The zero-order valence-electron chi connectivity index (χ0n) is 21.2. The molecule has 0 aliphatic heterocycles. The van der Waals surface area contributed by atoms with Gasteiger partial charge in [0, 0.05) is 13.1 Å². The molecule has 0 heterocycles. The highest BCUT2D eigenvalue weighted by Gasteiger charge is 2.32. The van der Waals surface area contributed by atoms with E-state index in [-0.39, 0.29) is 23.0 Å². The molecule has 1 N–H and O–H groups in total. The molecule has 0 saturated heterocycles. The van der Waals surface area contributed by atoms with Gasteiger partial charge in [-0.1, -0.05) is 49.4 Å². The zero-order chi connectivity index (χ0) is 27.0. The first kappa shape index (κ1) is 27.9. The molecule has 196 valence electrons. The van der Waals surface area contributed by atoms with Crippen molar-refractivity contribution in [2.45, 2.75) is 44.7 Å². The van der Waals surface area contributed by atoms with Crippen LogP contribution in [0.4, 0.5) is 10.1 Å². The van der Waals surface area contributed by atoms with E-state index in [1.807, 2.05) is 38.1 Å². The van der Waals surface area contributed by atoms with E-state index in [4.69, 9.17) is 0 Å². The molecule has 3 rings (SSSR count). The largest absolute Gasteiger partial charge is 0.354 e. The monoisotopic (exact) mass is 525 g/mol. The van der Waals surface area contributed by atoms with E-state index in [9.17, 15) is 22.4 Å². The highest BCUT2D eigenvalue weighted by atomic mass is 32.2. The third-order valence-electron chi connectivity index (χ3n) is 6.04. The van der Waals surface area contributed by atoms with Gasteiger partial charge in [0.05, 0.1) is 10.6 Å². The van der Waals surface area contributed by atoms with E-state index >= 15 is 0 Å². The third kappa shape index (κ3) is 6.95. The molecule has 0 aromatic heterocycles. The molecule has 0 fully saturated rings. The zero-order valence-corrected chi connectivity index (χ0v) is 22.0. The van der Waals surface area contributed by atoms with Crippen LogP contribution in [0.3, 0.4) is 0 Å². The Hall–Kier alpha value is -3.72. The van der Waals surface area contributed by atoms with Crippen LogP contribution in [0.2, 0.25) is 0 Å². The van der Waals surface area contributed by atoms with Crippen molar-refractivity contribution in [1.82, 2.24) is 10.2 Å². The van der Waals surface area contributed by atoms with Gasteiger partial charge < -0.3 is 10.2 Å². The molecule has 1 atom stereocenters. The van der Waals surface area contributed by atoms with Crippen LogP contribution < -0.4 is 9.62 Å². The number of nitrogens with zero attached hydrogens (tertiary/aromatic N) is 2. The molecule has 0 radical (unpaired) electrons. The predicted molar refractivity (Wildman–Crippen MR) is 142 cm³/mol. The Morgan fingerprint density at radius 3 is 2.19 bits per heavy atom. The molecule has 2 amide bonds. The second kappa shape index (κ2) is 12.5. The second-order valence-electron chi connectivity index (χ2n) is 8.72. The summed E-state index contributed by atoms with van der Waals surface area (Å²) in [5.74, 6) is -1.43. The summed E-state index contributed by atoms with van der Waals surface area (Å²) in [5.41, 5.74) is 1.91. The predicted octanol–water partition coefficient (Wildman–Crippen LogP) is 4.27.